The summed E-state index contributed by atoms with van der Waals surface area (Å²) in [6, 6.07) is 0.527. The minimum absolute atomic E-state index is 0.296. The second-order valence-corrected chi connectivity index (χ2v) is 4.90. The van der Waals surface area contributed by atoms with Crippen LogP contribution in [0.3, 0.4) is 0 Å². The molecule has 1 aliphatic heterocycles. The molecule has 0 radical (unpaired) electrons. The predicted octanol–water partition coefficient (Wildman–Crippen LogP) is 2.31. The summed E-state index contributed by atoms with van der Waals surface area (Å²) in [5.74, 6) is 1.33. The Kier molecular flexibility index (Phi) is 2.93. The van der Waals surface area contributed by atoms with Crippen molar-refractivity contribution < 1.29 is 4.74 Å². The molecule has 2 rings (SSSR count). The Hall–Kier alpha value is -0.340. The van der Waals surface area contributed by atoms with Gasteiger partial charge in [0.2, 0.25) is 0 Å². The Morgan fingerprint density at radius 3 is 2.79 bits per heavy atom. The van der Waals surface area contributed by atoms with E-state index in [9.17, 15) is 0 Å². The fraction of sp³-hybridized carbons (Fsp3) is 0.833. The van der Waals surface area contributed by atoms with Crippen LogP contribution in [0, 0.1) is 11.8 Å². The highest BCUT2D eigenvalue weighted by Crippen LogP contribution is 2.32. The van der Waals surface area contributed by atoms with E-state index < -0.39 is 0 Å². The van der Waals surface area contributed by atoms with Crippen molar-refractivity contribution in [2.45, 2.75) is 45.9 Å². The van der Waals surface area contributed by atoms with E-state index in [1.165, 1.54) is 12.8 Å². The molecule has 0 aromatic heterocycles. The van der Waals surface area contributed by atoms with Gasteiger partial charge >= 0.3 is 0 Å². The van der Waals surface area contributed by atoms with Gasteiger partial charge in [-0.2, -0.15) is 0 Å². The number of hydrogen-bond acceptors (Lipinski definition) is 2. The van der Waals surface area contributed by atoms with E-state index in [1.807, 2.05) is 0 Å². The van der Waals surface area contributed by atoms with Crippen molar-refractivity contribution in [1.82, 2.24) is 5.32 Å². The molecule has 80 valence electrons. The molecule has 2 heteroatoms. The van der Waals surface area contributed by atoms with Crippen molar-refractivity contribution in [3.8, 4) is 0 Å². The van der Waals surface area contributed by atoms with Crippen molar-refractivity contribution in [2.24, 2.45) is 11.8 Å². The van der Waals surface area contributed by atoms with E-state index in [2.05, 4.69) is 32.2 Å². The van der Waals surface area contributed by atoms with Crippen LogP contribution in [0.5, 0.6) is 0 Å². The summed E-state index contributed by atoms with van der Waals surface area (Å²) in [7, 11) is 0. The standard InChI is InChI=1S/C12H21NO/c1-8-4-5-11(9(2)6-8)12-13-10(3)7-14-12/h6,9-13H,4-5,7H2,1-3H3. The van der Waals surface area contributed by atoms with Gasteiger partial charge < -0.3 is 4.74 Å². The molecule has 2 nitrogen and oxygen atoms in total. The molecule has 4 unspecified atom stereocenters. The molecule has 2 aliphatic rings. The summed E-state index contributed by atoms with van der Waals surface area (Å²) < 4.78 is 5.77. The normalized spacial score (nSPS) is 43.8. The van der Waals surface area contributed by atoms with Crippen molar-refractivity contribution in [1.29, 1.82) is 0 Å². The first kappa shape index (κ1) is 10.2. The summed E-state index contributed by atoms with van der Waals surface area (Å²) in [5.41, 5.74) is 1.54. The van der Waals surface area contributed by atoms with Gasteiger partial charge in [0, 0.05) is 12.0 Å². The first-order valence-electron chi connectivity index (χ1n) is 5.72. The molecule has 1 heterocycles. The van der Waals surface area contributed by atoms with Gasteiger partial charge in [-0.25, -0.2) is 0 Å². The zero-order chi connectivity index (χ0) is 10.1. The van der Waals surface area contributed by atoms with Crippen molar-refractivity contribution in [3.63, 3.8) is 0 Å². The molecule has 1 saturated heterocycles. The van der Waals surface area contributed by atoms with E-state index in [4.69, 9.17) is 4.74 Å². The lowest BCUT2D eigenvalue weighted by molar-refractivity contribution is 0.0319. The first-order valence-corrected chi connectivity index (χ1v) is 5.72. The summed E-state index contributed by atoms with van der Waals surface area (Å²) in [4.78, 5) is 0. The molecule has 1 N–H and O–H groups in total. The molecular weight excluding hydrogens is 174 g/mol. The third-order valence-electron chi connectivity index (χ3n) is 3.46. The Balaban J connectivity index is 1.98. The molecule has 14 heavy (non-hydrogen) atoms. The van der Waals surface area contributed by atoms with Crippen LogP contribution in [0.25, 0.3) is 0 Å². The minimum Gasteiger partial charge on any atom is -0.361 e. The summed E-state index contributed by atoms with van der Waals surface area (Å²) >= 11 is 0. The van der Waals surface area contributed by atoms with Gasteiger partial charge in [-0.05, 0) is 32.6 Å². The highest BCUT2D eigenvalue weighted by molar-refractivity contribution is 5.07. The number of ether oxygens (including phenoxy) is 1. The molecule has 1 fully saturated rings. The molecule has 0 amide bonds. The molecule has 0 aromatic rings. The SMILES string of the molecule is CC1=CC(C)C(C2NC(C)CO2)CC1. The number of hydrogen-bond donors (Lipinski definition) is 1. The lowest BCUT2D eigenvalue weighted by Gasteiger charge is -2.31. The Morgan fingerprint density at radius 1 is 1.43 bits per heavy atom. The van der Waals surface area contributed by atoms with Crippen LogP contribution >= 0.6 is 0 Å². The quantitative estimate of drug-likeness (QED) is 0.648. The zero-order valence-electron chi connectivity index (χ0n) is 9.42. The molecule has 4 atom stereocenters. The van der Waals surface area contributed by atoms with Crippen LogP contribution in [0.2, 0.25) is 0 Å². The molecule has 0 bridgehead atoms. The van der Waals surface area contributed by atoms with E-state index in [-0.39, 0.29) is 0 Å². The van der Waals surface area contributed by atoms with Gasteiger partial charge in [0.1, 0.15) is 6.23 Å². The average Bonchev–Trinajstić information content (AvgIpc) is 2.51. The summed E-state index contributed by atoms with van der Waals surface area (Å²) in [6.07, 6.45) is 5.21. The highest BCUT2D eigenvalue weighted by Gasteiger charge is 2.33. The van der Waals surface area contributed by atoms with Crippen molar-refractivity contribution >= 4 is 0 Å². The molecular formula is C12H21NO. The second kappa shape index (κ2) is 4.03. The molecule has 0 spiro atoms. The lowest BCUT2D eigenvalue weighted by atomic mass is 9.81. The second-order valence-electron chi connectivity index (χ2n) is 4.90. The molecule has 1 aliphatic carbocycles. The third kappa shape index (κ3) is 2.01. The number of rotatable bonds is 1. The van der Waals surface area contributed by atoms with Crippen LogP contribution < -0.4 is 5.32 Å². The lowest BCUT2D eigenvalue weighted by Crippen LogP contribution is -2.38. The molecule has 0 aromatic carbocycles. The third-order valence-corrected chi connectivity index (χ3v) is 3.46. The maximum Gasteiger partial charge on any atom is 0.111 e. The summed E-state index contributed by atoms with van der Waals surface area (Å²) in [5, 5.41) is 3.52. The predicted molar refractivity (Wildman–Crippen MR) is 58.0 cm³/mol. The van der Waals surface area contributed by atoms with Gasteiger partial charge in [-0.1, -0.05) is 18.6 Å². The first-order chi connectivity index (χ1) is 6.66. The molecule has 0 saturated carbocycles. The number of nitrogens with one attached hydrogen (secondary N) is 1. The largest absolute Gasteiger partial charge is 0.361 e. The fourth-order valence-electron chi connectivity index (χ4n) is 2.61. The Labute approximate surface area is 86.7 Å². The average molecular weight is 195 g/mol. The minimum atomic E-state index is 0.296. The number of allylic oxidation sites excluding steroid dienone is 2. The van der Waals surface area contributed by atoms with Crippen molar-refractivity contribution in [2.75, 3.05) is 6.61 Å². The van der Waals surface area contributed by atoms with E-state index in [0.29, 0.717) is 24.1 Å². The van der Waals surface area contributed by atoms with Crippen LogP contribution in [0.15, 0.2) is 11.6 Å². The van der Waals surface area contributed by atoms with Gasteiger partial charge in [0.15, 0.2) is 0 Å². The van der Waals surface area contributed by atoms with Crippen LogP contribution in [-0.2, 0) is 4.74 Å². The smallest absolute Gasteiger partial charge is 0.111 e. The van der Waals surface area contributed by atoms with Crippen LogP contribution in [0.4, 0.5) is 0 Å². The van der Waals surface area contributed by atoms with Crippen LogP contribution in [-0.4, -0.2) is 18.9 Å². The Bertz CT molecular complexity index is 236. The topological polar surface area (TPSA) is 21.3 Å². The Morgan fingerprint density at radius 2 is 2.21 bits per heavy atom. The van der Waals surface area contributed by atoms with E-state index >= 15 is 0 Å². The van der Waals surface area contributed by atoms with Gasteiger partial charge in [-0.3, -0.25) is 5.32 Å². The zero-order valence-corrected chi connectivity index (χ0v) is 9.42. The fourth-order valence-corrected chi connectivity index (χ4v) is 2.61. The van der Waals surface area contributed by atoms with Crippen LogP contribution in [0.1, 0.15) is 33.6 Å². The van der Waals surface area contributed by atoms with E-state index in [0.717, 1.165) is 6.61 Å². The highest BCUT2D eigenvalue weighted by atomic mass is 16.5. The van der Waals surface area contributed by atoms with E-state index in [1.54, 1.807) is 5.57 Å². The monoisotopic (exact) mass is 195 g/mol. The maximum absolute atomic E-state index is 5.77. The van der Waals surface area contributed by atoms with Gasteiger partial charge in [0.05, 0.1) is 6.61 Å². The summed E-state index contributed by atoms with van der Waals surface area (Å²) in [6.45, 7) is 7.60. The van der Waals surface area contributed by atoms with Gasteiger partial charge in [0.25, 0.3) is 0 Å². The van der Waals surface area contributed by atoms with Crippen molar-refractivity contribution in [3.05, 3.63) is 11.6 Å². The van der Waals surface area contributed by atoms with Gasteiger partial charge in [-0.15, -0.1) is 0 Å². The maximum atomic E-state index is 5.77.